The summed E-state index contributed by atoms with van der Waals surface area (Å²) in [5, 5.41) is 15.4. The van der Waals surface area contributed by atoms with Crippen LogP contribution in [0.1, 0.15) is 21.9 Å². The SMILES string of the molecule is Cc1ccc(-c2noc(CC(O)(C(F)(F)F)C(F)(F)F)n2)cc1NC(=O)c1cnc2ccccn12. The number of anilines is 1. The fourth-order valence-electron chi connectivity index (χ4n) is 3.21. The van der Waals surface area contributed by atoms with Gasteiger partial charge in [0.1, 0.15) is 11.3 Å². The molecule has 0 spiro atoms. The summed E-state index contributed by atoms with van der Waals surface area (Å²) in [5.74, 6) is -1.93. The molecule has 0 saturated heterocycles. The van der Waals surface area contributed by atoms with Crippen molar-refractivity contribution in [3.8, 4) is 11.4 Å². The molecule has 35 heavy (non-hydrogen) atoms. The number of aromatic nitrogens is 4. The predicted octanol–water partition coefficient (Wildman–Crippen LogP) is 4.34. The lowest BCUT2D eigenvalue weighted by Crippen LogP contribution is -2.58. The van der Waals surface area contributed by atoms with E-state index in [2.05, 4.69) is 25.0 Å². The van der Waals surface area contributed by atoms with Gasteiger partial charge in [-0.15, -0.1) is 0 Å². The molecule has 0 aliphatic heterocycles. The summed E-state index contributed by atoms with van der Waals surface area (Å²) in [6.45, 7) is 1.67. The number of nitrogens with one attached hydrogen (secondary N) is 1. The highest BCUT2D eigenvalue weighted by Crippen LogP contribution is 2.45. The number of hydrogen-bond acceptors (Lipinski definition) is 6. The smallest absolute Gasteiger partial charge is 0.373 e. The van der Waals surface area contributed by atoms with E-state index < -0.39 is 36.2 Å². The van der Waals surface area contributed by atoms with Gasteiger partial charge in [-0.1, -0.05) is 23.4 Å². The summed E-state index contributed by atoms with van der Waals surface area (Å²) in [7, 11) is 0. The van der Waals surface area contributed by atoms with E-state index in [1.54, 1.807) is 35.7 Å². The molecule has 0 unspecified atom stereocenters. The van der Waals surface area contributed by atoms with E-state index >= 15 is 0 Å². The summed E-state index contributed by atoms with van der Waals surface area (Å²) >= 11 is 0. The molecule has 184 valence electrons. The van der Waals surface area contributed by atoms with Crippen LogP contribution in [-0.2, 0) is 6.42 Å². The van der Waals surface area contributed by atoms with Gasteiger partial charge in [-0.25, -0.2) is 4.98 Å². The van der Waals surface area contributed by atoms with E-state index in [0.29, 0.717) is 11.2 Å². The Morgan fingerprint density at radius 1 is 1.11 bits per heavy atom. The molecule has 0 fully saturated rings. The zero-order chi connectivity index (χ0) is 25.6. The minimum atomic E-state index is -6.03. The van der Waals surface area contributed by atoms with Gasteiger partial charge in [-0.2, -0.15) is 31.3 Å². The molecule has 0 bridgehead atoms. The molecule has 0 radical (unpaired) electrons. The maximum atomic E-state index is 12.9. The molecule has 8 nitrogen and oxygen atoms in total. The lowest BCUT2D eigenvalue weighted by molar-refractivity contribution is -0.368. The van der Waals surface area contributed by atoms with Gasteiger partial charge in [0.05, 0.1) is 12.6 Å². The highest BCUT2D eigenvalue weighted by Gasteiger charge is 2.70. The number of aliphatic hydroxyl groups is 1. The number of alkyl halides is 6. The molecule has 4 aromatic rings. The molecule has 1 amide bonds. The van der Waals surface area contributed by atoms with Crippen molar-refractivity contribution in [3.05, 3.63) is 65.9 Å². The molecule has 3 heterocycles. The number of fused-ring (bicyclic) bond motifs is 1. The van der Waals surface area contributed by atoms with E-state index in [9.17, 15) is 36.2 Å². The maximum absolute atomic E-state index is 12.9. The average molecular weight is 499 g/mol. The number of imidazole rings is 1. The molecule has 1 aromatic carbocycles. The first-order chi connectivity index (χ1) is 16.3. The first kappa shape index (κ1) is 24.2. The fraction of sp³-hybridized carbons (Fsp3) is 0.238. The van der Waals surface area contributed by atoms with Crippen LogP contribution >= 0.6 is 0 Å². The van der Waals surface area contributed by atoms with E-state index in [0.717, 1.165) is 0 Å². The van der Waals surface area contributed by atoms with Crippen molar-refractivity contribution in [2.45, 2.75) is 31.3 Å². The summed E-state index contributed by atoms with van der Waals surface area (Å²) in [6.07, 6.45) is -11.1. The van der Waals surface area contributed by atoms with Crippen molar-refractivity contribution in [2.24, 2.45) is 0 Å². The van der Waals surface area contributed by atoms with Gasteiger partial charge in [-0.05, 0) is 30.7 Å². The molecular formula is C21H15F6N5O3. The summed E-state index contributed by atoms with van der Waals surface area (Å²) in [5.41, 5.74) is -3.27. The number of pyridine rings is 1. The zero-order valence-corrected chi connectivity index (χ0v) is 17.6. The summed E-state index contributed by atoms with van der Waals surface area (Å²) < 4.78 is 83.8. The first-order valence-corrected chi connectivity index (χ1v) is 9.83. The van der Waals surface area contributed by atoms with Gasteiger partial charge in [0, 0.05) is 17.4 Å². The number of rotatable bonds is 5. The van der Waals surface area contributed by atoms with Crippen LogP contribution in [0.2, 0.25) is 0 Å². The number of amides is 1. The van der Waals surface area contributed by atoms with Crippen molar-refractivity contribution in [1.82, 2.24) is 19.5 Å². The Morgan fingerprint density at radius 3 is 2.51 bits per heavy atom. The number of benzene rings is 1. The van der Waals surface area contributed by atoms with Gasteiger partial charge in [0.15, 0.2) is 0 Å². The fourth-order valence-corrected chi connectivity index (χ4v) is 3.21. The highest BCUT2D eigenvalue weighted by molar-refractivity contribution is 6.04. The Kier molecular flexibility index (Phi) is 5.79. The molecule has 2 N–H and O–H groups in total. The second-order valence-corrected chi connectivity index (χ2v) is 7.60. The van der Waals surface area contributed by atoms with E-state index in [4.69, 9.17) is 0 Å². The van der Waals surface area contributed by atoms with Crippen molar-refractivity contribution < 1.29 is 40.8 Å². The van der Waals surface area contributed by atoms with Crippen LogP contribution in [-0.4, -0.2) is 48.5 Å². The lowest BCUT2D eigenvalue weighted by Gasteiger charge is -2.30. The van der Waals surface area contributed by atoms with Gasteiger partial charge >= 0.3 is 12.4 Å². The van der Waals surface area contributed by atoms with Gasteiger partial charge in [-0.3, -0.25) is 9.20 Å². The molecule has 0 aliphatic rings. The molecule has 0 saturated carbocycles. The van der Waals surface area contributed by atoms with Gasteiger partial charge in [0.2, 0.25) is 11.7 Å². The number of nitrogens with zero attached hydrogens (tertiary/aromatic N) is 4. The molecular weight excluding hydrogens is 484 g/mol. The topological polar surface area (TPSA) is 106 Å². The van der Waals surface area contributed by atoms with Gasteiger partial charge < -0.3 is 14.9 Å². The normalized spacial score (nSPS) is 12.8. The molecule has 4 rings (SSSR count). The number of halogens is 6. The van der Waals surface area contributed by atoms with Crippen LogP contribution in [0.15, 0.2) is 53.3 Å². The quantitative estimate of drug-likeness (QED) is 0.396. The molecule has 14 heteroatoms. The van der Waals surface area contributed by atoms with E-state index in [1.807, 2.05) is 0 Å². The Hall–Kier alpha value is -3.94. The van der Waals surface area contributed by atoms with Crippen LogP contribution < -0.4 is 5.32 Å². The van der Waals surface area contributed by atoms with E-state index in [-0.39, 0.29) is 22.8 Å². The zero-order valence-electron chi connectivity index (χ0n) is 17.6. The standard InChI is InChI=1S/C21H15F6N5O3/c1-11-5-6-12(8-13(11)29-18(33)14-10-28-15-4-2-3-7-32(14)15)17-30-16(35-31-17)9-19(34,20(22,23)24)21(25,26)27/h2-8,10,34H,9H2,1H3,(H,29,33). The van der Waals surface area contributed by atoms with Crippen molar-refractivity contribution in [3.63, 3.8) is 0 Å². The lowest BCUT2D eigenvalue weighted by atomic mass is 9.98. The summed E-state index contributed by atoms with van der Waals surface area (Å²) in [6, 6.07) is 9.52. The Bertz CT molecular complexity index is 1380. The van der Waals surface area contributed by atoms with Gasteiger partial charge in [0.25, 0.3) is 11.5 Å². The maximum Gasteiger partial charge on any atom is 0.426 e. The average Bonchev–Trinajstić information content (AvgIpc) is 3.41. The number of aryl methyl sites for hydroxylation is 1. The monoisotopic (exact) mass is 499 g/mol. The predicted molar refractivity (Wildman–Crippen MR) is 108 cm³/mol. The third-order valence-electron chi connectivity index (χ3n) is 5.21. The number of carbonyl (C=O) groups excluding carboxylic acids is 1. The first-order valence-electron chi connectivity index (χ1n) is 9.83. The third kappa shape index (κ3) is 4.43. The van der Waals surface area contributed by atoms with Crippen molar-refractivity contribution in [2.75, 3.05) is 5.32 Å². The molecule has 0 aliphatic carbocycles. The van der Waals surface area contributed by atoms with Crippen molar-refractivity contribution in [1.29, 1.82) is 0 Å². The van der Waals surface area contributed by atoms with E-state index in [1.165, 1.54) is 24.4 Å². The molecule has 0 atom stereocenters. The Morgan fingerprint density at radius 2 is 1.83 bits per heavy atom. The minimum Gasteiger partial charge on any atom is -0.373 e. The van der Waals surface area contributed by atoms with Crippen LogP contribution in [0.4, 0.5) is 32.0 Å². The minimum absolute atomic E-state index is 0.140. The highest BCUT2D eigenvalue weighted by atomic mass is 19.4. The Balaban J connectivity index is 1.59. The number of carbonyl (C=O) groups is 1. The van der Waals surface area contributed by atoms with Crippen LogP contribution in [0.25, 0.3) is 17.0 Å². The second-order valence-electron chi connectivity index (χ2n) is 7.60. The molecule has 3 aromatic heterocycles. The Labute approximate surface area is 192 Å². The van der Waals surface area contributed by atoms with Crippen LogP contribution in [0.5, 0.6) is 0 Å². The van der Waals surface area contributed by atoms with Crippen LogP contribution in [0, 0.1) is 6.92 Å². The van der Waals surface area contributed by atoms with Crippen molar-refractivity contribution >= 4 is 17.2 Å². The second kappa shape index (κ2) is 8.37. The number of hydrogen-bond donors (Lipinski definition) is 2. The summed E-state index contributed by atoms with van der Waals surface area (Å²) in [4.78, 5) is 20.5. The third-order valence-corrected chi connectivity index (χ3v) is 5.21. The largest absolute Gasteiger partial charge is 0.426 e. The van der Waals surface area contributed by atoms with Crippen LogP contribution in [0.3, 0.4) is 0 Å².